The Labute approximate surface area is 171 Å². The Morgan fingerprint density at radius 2 is 1.76 bits per heavy atom. The number of rotatable bonds is 10. The highest BCUT2D eigenvalue weighted by molar-refractivity contribution is 7.80. The first-order valence-electron chi connectivity index (χ1n) is 8.76. The van der Waals surface area contributed by atoms with Gasteiger partial charge in [0.15, 0.2) is 0 Å². The van der Waals surface area contributed by atoms with Gasteiger partial charge in [-0.1, -0.05) is 18.2 Å². The van der Waals surface area contributed by atoms with Gasteiger partial charge in [-0.05, 0) is 11.6 Å². The van der Waals surface area contributed by atoms with Gasteiger partial charge in [-0.25, -0.2) is 4.79 Å². The minimum Gasteiger partial charge on any atom is -0.480 e. The monoisotopic (exact) mass is 421 g/mol. The maximum absolute atomic E-state index is 12.7. The number of aromatic nitrogens is 1. The third-order valence-electron chi connectivity index (χ3n) is 4.29. The molecule has 10 nitrogen and oxygen atoms in total. The van der Waals surface area contributed by atoms with E-state index in [-0.39, 0.29) is 12.2 Å². The summed E-state index contributed by atoms with van der Waals surface area (Å²) in [6, 6.07) is 3.81. The zero-order valence-electron chi connectivity index (χ0n) is 15.4. The van der Waals surface area contributed by atoms with Gasteiger partial charge in [0.25, 0.3) is 0 Å². The van der Waals surface area contributed by atoms with E-state index in [1.807, 2.05) is 24.3 Å². The summed E-state index contributed by atoms with van der Waals surface area (Å²) in [5.41, 5.74) is 12.3. The summed E-state index contributed by atoms with van der Waals surface area (Å²) in [6.45, 7) is 0. The number of carboxylic acid groups (broad SMARTS) is 1. The van der Waals surface area contributed by atoms with E-state index in [2.05, 4.69) is 28.2 Å². The average molecular weight is 421 g/mol. The number of primary amides is 1. The van der Waals surface area contributed by atoms with Gasteiger partial charge < -0.3 is 32.2 Å². The summed E-state index contributed by atoms with van der Waals surface area (Å²) in [7, 11) is 0. The lowest BCUT2D eigenvalue weighted by molar-refractivity contribution is -0.143. The molecule has 3 amide bonds. The number of thiol groups is 1. The normalized spacial score (nSPS) is 14.0. The van der Waals surface area contributed by atoms with Crippen molar-refractivity contribution in [3.05, 3.63) is 36.0 Å². The Kier molecular flexibility index (Phi) is 7.62. The molecule has 0 saturated carbocycles. The zero-order chi connectivity index (χ0) is 21.6. The van der Waals surface area contributed by atoms with Crippen LogP contribution in [-0.4, -0.2) is 57.7 Å². The second-order valence-corrected chi connectivity index (χ2v) is 6.85. The molecule has 0 aliphatic heterocycles. The number of hydrogen-bond acceptors (Lipinski definition) is 6. The fourth-order valence-corrected chi connectivity index (χ4v) is 2.93. The van der Waals surface area contributed by atoms with Crippen LogP contribution in [-0.2, 0) is 25.6 Å². The Morgan fingerprint density at radius 3 is 2.38 bits per heavy atom. The maximum Gasteiger partial charge on any atom is 0.326 e. The quantitative estimate of drug-likeness (QED) is 0.239. The molecule has 0 bridgehead atoms. The number of amides is 3. The van der Waals surface area contributed by atoms with Crippen molar-refractivity contribution in [1.29, 1.82) is 0 Å². The minimum atomic E-state index is -1.51. The fourth-order valence-electron chi connectivity index (χ4n) is 2.76. The molecule has 1 aromatic heterocycles. The predicted molar refractivity (Wildman–Crippen MR) is 109 cm³/mol. The molecule has 0 aliphatic carbocycles. The van der Waals surface area contributed by atoms with Crippen molar-refractivity contribution in [2.24, 2.45) is 11.5 Å². The Balaban J connectivity index is 2.26. The lowest BCUT2D eigenvalue weighted by Gasteiger charge is -2.22. The molecular weight excluding hydrogens is 398 g/mol. The summed E-state index contributed by atoms with van der Waals surface area (Å²) < 4.78 is 0. The molecule has 11 heteroatoms. The number of nitrogens with two attached hydrogens (primary N) is 2. The van der Waals surface area contributed by atoms with E-state index in [4.69, 9.17) is 11.5 Å². The van der Waals surface area contributed by atoms with E-state index in [0.717, 1.165) is 16.5 Å². The summed E-state index contributed by atoms with van der Waals surface area (Å²) in [4.78, 5) is 50.4. The van der Waals surface area contributed by atoms with Crippen LogP contribution in [0.4, 0.5) is 0 Å². The standard InChI is InChI=1S/C18H23N5O5S/c19-11(8-29)16(25)22-13(17(26)23-14(18(27)28)6-15(20)24)5-9-7-21-12-4-2-1-3-10(9)12/h1-4,7,11,13-14,21,29H,5-6,8,19H2,(H2,20,24)(H,22,25)(H,23,26)(H,27,28)/t11-,13-,14-/m0/s1. The molecule has 2 aromatic rings. The van der Waals surface area contributed by atoms with Crippen molar-refractivity contribution in [2.75, 3.05) is 5.75 Å². The Bertz CT molecular complexity index is 915. The summed E-state index contributed by atoms with van der Waals surface area (Å²) >= 11 is 3.97. The van der Waals surface area contributed by atoms with Crippen LogP contribution < -0.4 is 22.1 Å². The third kappa shape index (κ3) is 5.96. The maximum atomic E-state index is 12.7. The molecule has 3 atom stereocenters. The number of benzene rings is 1. The molecule has 29 heavy (non-hydrogen) atoms. The summed E-state index contributed by atoms with van der Waals surface area (Å²) in [5.74, 6) is -3.62. The molecule has 2 rings (SSSR count). The minimum absolute atomic E-state index is 0.0622. The second-order valence-electron chi connectivity index (χ2n) is 6.48. The number of aliphatic carboxylic acids is 1. The van der Waals surface area contributed by atoms with Crippen molar-refractivity contribution in [3.63, 3.8) is 0 Å². The second kappa shape index (κ2) is 9.94. The predicted octanol–water partition coefficient (Wildman–Crippen LogP) is -1.10. The van der Waals surface area contributed by atoms with Gasteiger partial charge in [0.05, 0.1) is 12.5 Å². The van der Waals surface area contributed by atoms with Gasteiger partial charge in [-0.15, -0.1) is 0 Å². The van der Waals surface area contributed by atoms with Gasteiger partial charge in [-0.3, -0.25) is 14.4 Å². The highest BCUT2D eigenvalue weighted by Crippen LogP contribution is 2.19. The van der Waals surface area contributed by atoms with E-state index in [9.17, 15) is 24.3 Å². The van der Waals surface area contributed by atoms with Crippen LogP contribution in [0, 0.1) is 0 Å². The third-order valence-corrected chi connectivity index (χ3v) is 4.68. The van der Waals surface area contributed by atoms with Gasteiger partial charge >= 0.3 is 5.97 Å². The number of aromatic amines is 1. The SMILES string of the molecule is NC(=O)C[C@H](NC(=O)[C@H](Cc1c[nH]c2ccccc12)NC(=O)[C@@H](N)CS)C(=O)O. The number of carbonyl (C=O) groups excluding carboxylic acids is 3. The number of para-hydroxylation sites is 1. The van der Waals surface area contributed by atoms with Crippen LogP contribution in [0.2, 0.25) is 0 Å². The largest absolute Gasteiger partial charge is 0.480 e. The Hall–Kier alpha value is -3.05. The molecular formula is C18H23N5O5S. The van der Waals surface area contributed by atoms with Crippen molar-refractivity contribution in [1.82, 2.24) is 15.6 Å². The van der Waals surface area contributed by atoms with Gasteiger partial charge in [0.2, 0.25) is 17.7 Å². The number of carboxylic acids is 1. The van der Waals surface area contributed by atoms with Crippen LogP contribution in [0.3, 0.4) is 0 Å². The molecule has 0 unspecified atom stereocenters. The van der Waals surface area contributed by atoms with E-state index < -0.39 is 48.2 Å². The van der Waals surface area contributed by atoms with Crippen molar-refractivity contribution < 1.29 is 24.3 Å². The lowest BCUT2D eigenvalue weighted by atomic mass is 10.0. The first kappa shape index (κ1) is 22.2. The van der Waals surface area contributed by atoms with Crippen LogP contribution in [0.1, 0.15) is 12.0 Å². The number of H-pyrrole nitrogens is 1. The van der Waals surface area contributed by atoms with Crippen molar-refractivity contribution in [3.8, 4) is 0 Å². The van der Waals surface area contributed by atoms with Gasteiger partial charge in [0.1, 0.15) is 12.1 Å². The first-order valence-corrected chi connectivity index (χ1v) is 9.39. The first-order chi connectivity index (χ1) is 13.7. The average Bonchev–Trinajstić information content (AvgIpc) is 3.08. The van der Waals surface area contributed by atoms with Crippen molar-refractivity contribution >= 4 is 47.2 Å². The lowest BCUT2D eigenvalue weighted by Crippen LogP contribution is -2.56. The van der Waals surface area contributed by atoms with Crippen LogP contribution >= 0.6 is 12.6 Å². The summed E-state index contributed by atoms with van der Waals surface area (Å²) in [6.07, 6.45) is 1.20. The fraction of sp³-hybridized carbons (Fsp3) is 0.333. The van der Waals surface area contributed by atoms with E-state index in [0.29, 0.717) is 0 Å². The number of carbonyl (C=O) groups is 4. The molecule has 1 aromatic carbocycles. The van der Waals surface area contributed by atoms with Crippen LogP contribution in [0.15, 0.2) is 30.5 Å². The smallest absolute Gasteiger partial charge is 0.326 e. The molecule has 1 heterocycles. The molecule has 0 saturated heterocycles. The van der Waals surface area contributed by atoms with E-state index in [1.165, 1.54) is 0 Å². The van der Waals surface area contributed by atoms with Crippen LogP contribution in [0.5, 0.6) is 0 Å². The number of hydrogen-bond donors (Lipinski definition) is 7. The van der Waals surface area contributed by atoms with Gasteiger partial charge in [-0.2, -0.15) is 12.6 Å². The molecule has 0 spiro atoms. The number of fused-ring (bicyclic) bond motifs is 1. The topological polar surface area (TPSA) is 180 Å². The highest BCUT2D eigenvalue weighted by atomic mass is 32.1. The zero-order valence-corrected chi connectivity index (χ0v) is 16.3. The van der Waals surface area contributed by atoms with Gasteiger partial charge in [0, 0.05) is 29.3 Å². The van der Waals surface area contributed by atoms with Crippen molar-refractivity contribution in [2.45, 2.75) is 31.0 Å². The molecule has 0 radical (unpaired) electrons. The molecule has 8 N–H and O–H groups in total. The van der Waals surface area contributed by atoms with Crippen LogP contribution in [0.25, 0.3) is 10.9 Å². The molecule has 0 aliphatic rings. The van der Waals surface area contributed by atoms with E-state index in [1.54, 1.807) is 6.20 Å². The summed E-state index contributed by atoms with van der Waals surface area (Å²) in [5, 5.41) is 14.8. The van der Waals surface area contributed by atoms with E-state index >= 15 is 0 Å². The number of nitrogens with one attached hydrogen (secondary N) is 3. The molecule has 156 valence electrons. The Morgan fingerprint density at radius 1 is 1.10 bits per heavy atom. The highest BCUT2D eigenvalue weighted by Gasteiger charge is 2.29. The molecule has 0 fully saturated rings.